The number of Topliss-reactive ketones (excluding diaryl/α,β-unsaturated/α-hetero) is 1. The van der Waals surface area contributed by atoms with E-state index in [9.17, 15) is 9.59 Å². The molecule has 0 amide bonds. The number of carbonyl (C=O) groups excluding carboxylic acids is 2. The van der Waals surface area contributed by atoms with Gasteiger partial charge in [-0.25, -0.2) is 4.79 Å². The zero-order chi connectivity index (χ0) is 22.1. The lowest BCUT2D eigenvalue weighted by Gasteiger charge is -1.99. The third kappa shape index (κ3) is 23.9. The van der Waals surface area contributed by atoms with Crippen LogP contribution >= 0.6 is 11.6 Å². The maximum atomic E-state index is 11.6. The highest BCUT2D eigenvalue weighted by Crippen LogP contribution is 2.02. The summed E-state index contributed by atoms with van der Waals surface area (Å²) >= 11 is 5.04. The third-order valence-corrected chi connectivity index (χ3v) is 4.11. The number of ether oxygens (including phenoxy) is 1. The first-order valence-corrected chi connectivity index (χ1v) is 11.3. The molecule has 0 bridgehead atoms. The Balaban J connectivity index is 3.56. The number of ketones is 1. The van der Waals surface area contributed by atoms with Crippen LogP contribution in [0.1, 0.15) is 71.1 Å². The van der Waals surface area contributed by atoms with Crippen LogP contribution in [-0.2, 0) is 9.53 Å². The second-order valence-electron chi connectivity index (χ2n) is 6.68. The average Bonchev–Trinajstić information content (AvgIpc) is 2.72. The molecular weight excluding hydrogens is 396 g/mol. The van der Waals surface area contributed by atoms with Crippen LogP contribution < -0.4 is 0 Å². The minimum Gasteiger partial charge on any atom is -0.454 e. The Labute approximate surface area is 187 Å². The van der Waals surface area contributed by atoms with E-state index in [1.807, 2.05) is 6.08 Å². The molecule has 0 aromatic carbocycles. The van der Waals surface area contributed by atoms with Crippen LogP contribution in [0.3, 0.4) is 0 Å². The summed E-state index contributed by atoms with van der Waals surface area (Å²) in [5, 5.41) is 0. The van der Waals surface area contributed by atoms with Gasteiger partial charge in [0.1, 0.15) is 5.78 Å². The summed E-state index contributed by atoms with van der Waals surface area (Å²) in [6, 6.07) is 0. The van der Waals surface area contributed by atoms with Gasteiger partial charge in [-0.15, -0.1) is 0 Å². The quantitative estimate of drug-likeness (QED) is 0.124. The predicted molar refractivity (Wildman–Crippen MR) is 129 cm³/mol. The first-order valence-electron chi connectivity index (χ1n) is 10.9. The maximum absolute atomic E-state index is 11.6. The molecule has 0 fully saturated rings. The van der Waals surface area contributed by atoms with Crippen LogP contribution in [0.2, 0.25) is 0 Å². The Bertz CT molecular complexity index is 610. The molecule has 3 nitrogen and oxygen atoms in total. The summed E-state index contributed by atoms with van der Waals surface area (Å²) in [7, 11) is 0. The highest BCUT2D eigenvalue weighted by molar-refractivity contribution is 6.61. The van der Waals surface area contributed by atoms with Crippen molar-refractivity contribution in [3.05, 3.63) is 72.9 Å². The SMILES string of the molecule is CC/C=C\C/C=C\C/C=C\C/C=C\C/C=C\C/C=C\CCC(=O)CCCOC(=O)Cl. The molecule has 0 saturated carbocycles. The topological polar surface area (TPSA) is 43.4 Å². The Kier molecular flexibility index (Phi) is 21.5. The van der Waals surface area contributed by atoms with Gasteiger partial charge in [-0.2, -0.15) is 0 Å². The lowest BCUT2D eigenvalue weighted by atomic mass is 10.1. The van der Waals surface area contributed by atoms with Crippen molar-refractivity contribution >= 4 is 22.8 Å². The van der Waals surface area contributed by atoms with Gasteiger partial charge in [0.15, 0.2) is 0 Å². The summed E-state index contributed by atoms with van der Waals surface area (Å²) in [4.78, 5) is 22.0. The van der Waals surface area contributed by atoms with Gasteiger partial charge in [-0.1, -0.05) is 79.8 Å². The summed E-state index contributed by atoms with van der Waals surface area (Å²) in [5.41, 5.74) is -0.819. The van der Waals surface area contributed by atoms with Gasteiger partial charge in [0.05, 0.1) is 6.61 Å². The predicted octanol–water partition coefficient (Wildman–Crippen LogP) is 8.19. The zero-order valence-corrected chi connectivity index (χ0v) is 19.1. The number of hydrogen-bond donors (Lipinski definition) is 0. The highest BCUT2D eigenvalue weighted by Gasteiger charge is 2.01. The molecule has 0 aromatic rings. The molecule has 30 heavy (non-hydrogen) atoms. The Morgan fingerprint density at radius 2 is 1.10 bits per heavy atom. The lowest BCUT2D eigenvalue weighted by Crippen LogP contribution is -2.02. The van der Waals surface area contributed by atoms with E-state index in [4.69, 9.17) is 11.6 Å². The molecule has 0 aromatic heterocycles. The first-order chi connectivity index (χ1) is 14.7. The standard InChI is InChI=1S/C26H37ClO3/c1-2-3-4-5-6-7-8-9-10-11-12-13-14-15-16-17-18-19-20-22-25(28)23-21-24-30-26(27)29/h3-4,6-7,9-10,12-13,15-16,18-19H,2,5,8,11,14,17,20-24H2,1H3/b4-3-,7-6-,10-9-,13-12-,16-15-,19-18-. The highest BCUT2D eigenvalue weighted by atomic mass is 35.5. The van der Waals surface area contributed by atoms with Crippen LogP contribution in [0.4, 0.5) is 4.79 Å². The average molecular weight is 433 g/mol. The molecular formula is C26H37ClO3. The zero-order valence-electron chi connectivity index (χ0n) is 18.3. The minimum atomic E-state index is -0.819. The molecule has 0 aliphatic rings. The minimum absolute atomic E-state index is 0.181. The van der Waals surface area contributed by atoms with Crippen molar-refractivity contribution in [1.82, 2.24) is 0 Å². The molecule has 0 heterocycles. The van der Waals surface area contributed by atoms with Crippen LogP contribution in [-0.4, -0.2) is 17.8 Å². The Hall–Kier alpha value is -2.13. The number of carbonyl (C=O) groups is 2. The van der Waals surface area contributed by atoms with E-state index in [1.165, 1.54) is 0 Å². The molecule has 0 radical (unpaired) electrons. The molecule has 0 aliphatic heterocycles. The van der Waals surface area contributed by atoms with Crippen molar-refractivity contribution in [2.75, 3.05) is 6.61 Å². The van der Waals surface area contributed by atoms with E-state index in [1.54, 1.807) is 0 Å². The van der Waals surface area contributed by atoms with Crippen molar-refractivity contribution in [3.63, 3.8) is 0 Å². The van der Waals surface area contributed by atoms with Crippen molar-refractivity contribution in [2.24, 2.45) is 0 Å². The molecule has 0 spiro atoms. The van der Waals surface area contributed by atoms with E-state index in [0.717, 1.165) is 44.9 Å². The van der Waals surface area contributed by atoms with E-state index >= 15 is 0 Å². The molecule has 0 unspecified atom stereocenters. The molecule has 0 N–H and O–H groups in total. The summed E-state index contributed by atoms with van der Waals surface area (Å²) in [6.07, 6.45) is 34.1. The van der Waals surface area contributed by atoms with E-state index in [-0.39, 0.29) is 12.4 Å². The number of rotatable bonds is 18. The van der Waals surface area contributed by atoms with Crippen molar-refractivity contribution < 1.29 is 14.3 Å². The van der Waals surface area contributed by atoms with Gasteiger partial charge >= 0.3 is 5.43 Å². The lowest BCUT2D eigenvalue weighted by molar-refractivity contribution is -0.119. The van der Waals surface area contributed by atoms with Crippen LogP contribution in [0.25, 0.3) is 0 Å². The van der Waals surface area contributed by atoms with Crippen molar-refractivity contribution in [2.45, 2.75) is 71.1 Å². The van der Waals surface area contributed by atoms with Crippen LogP contribution in [0, 0.1) is 0 Å². The fourth-order valence-corrected chi connectivity index (χ4v) is 2.51. The monoisotopic (exact) mass is 432 g/mol. The van der Waals surface area contributed by atoms with E-state index in [0.29, 0.717) is 19.3 Å². The molecule has 0 rings (SSSR count). The molecule has 166 valence electrons. The van der Waals surface area contributed by atoms with Gasteiger partial charge in [0.25, 0.3) is 0 Å². The van der Waals surface area contributed by atoms with Crippen LogP contribution in [0.5, 0.6) is 0 Å². The molecule has 0 saturated heterocycles. The molecule has 0 aliphatic carbocycles. The first kappa shape index (κ1) is 27.9. The number of halogens is 1. The normalized spacial score (nSPS) is 12.6. The summed E-state index contributed by atoms with van der Waals surface area (Å²) in [5.74, 6) is 0.181. The Morgan fingerprint density at radius 3 is 1.53 bits per heavy atom. The van der Waals surface area contributed by atoms with Crippen molar-refractivity contribution in [3.8, 4) is 0 Å². The summed E-state index contributed by atoms with van der Waals surface area (Å²) < 4.78 is 4.58. The van der Waals surface area contributed by atoms with Gasteiger partial charge in [-0.05, 0) is 51.4 Å². The van der Waals surface area contributed by atoms with Gasteiger partial charge in [0, 0.05) is 24.4 Å². The van der Waals surface area contributed by atoms with Gasteiger partial charge < -0.3 is 4.74 Å². The van der Waals surface area contributed by atoms with Gasteiger partial charge in [-0.3, -0.25) is 4.79 Å². The van der Waals surface area contributed by atoms with Crippen LogP contribution in [0.15, 0.2) is 72.9 Å². The van der Waals surface area contributed by atoms with E-state index in [2.05, 4.69) is 78.5 Å². The van der Waals surface area contributed by atoms with Gasteiger partial charge in [0.2, 0.25) is 0 Å². The molecule has 0 atom stereocenters. The maximum Gasteiger partial charge on any atom is 0.403 e. The largest absolute Gasteiger partial charge is 0.454 e. The second kappa shape index (κ2) is 23.2. The smallest absolute Gasteiger partial charge is 0.403 e. The Morgan fingerprint density at radius 1 is 0.667 bits per heavy atom. The van der Waals surface area contributed by atoms with E-state index < -0.39 is 5.43 Å². The van der Waals surface area contributed by atoms with Crippen molar-refractivity contribution in [1.29, 1.82) is 0 Å². The third-order valence-electron chi connectivity index (χ3n) is 4.00. The molecule has 4 heteroatoms. The summed E-state index contributed by atoms with van der Waals surface area (Å²) in [6.45, 7) is 2.35. The number of hydrogen-bond acceptors (Lipinski definition) is 3. The fraction of sp³-hybridized carbons (Fsp3) is 0.462. The fourth-order valence-electron chi connectivity index (χ4n) is 2.43. The number of allylic oxidation sites excluding steroid dienone is 12. The second-order valence-corrected chi connectivity index (χ2v) is 6.99.